The van der Waals surface area contributed by atoms with E-state index in [1.54, 1.807) is 0 Å². The molecular formula is C23H25NO2. The Morgan fingerprint density at radius 1 is 1.08 bits per heavy atom. The van der Waals surface area contributed by atoms with Crippen molar-refractivity contribution in [2.75, 3.05) is 6.61 Å². The first-order valence-corrected chi connectivity index (χ1v) is 9.12. The van der Waals surface area contributed by atoms with Gasteiger partial charge in [0.05, 0.1) is 12.3 Å². The topological polar surface area (TPSA) is 38.7 Å². The molecule has 1 saturated heterocycles. The maximum absolute atomic E-state index is 12.7. The summed E-state index contributed by atoms with van der Waals surface area (Å²) in [5.41, 5.74) is 3.27. The maximum Gasteiger partial charge on any atom is 0.322 e. The van der Waals surface area contributed by atoms with Gasteiger partial charge in [-0.3, -0.25) is 9.79 Å². The average molecular weight is 347 g/mol. The molecule has 1 aliphatic rings. The minimum absolute atomic E-state index is 0.178. The highest BCUT2D eigenvalue weighted by atomic mass is 16.5. The SMILES string of the molecule is CC(=Nc1ccccc1)C1(/C(C)=C/CCc2ccccc2)CCOC1=O. The molecule has 0 bridgehead atoms. The zero-order chi connectivity index (χ0) is 18.4. The molecule has 26 heavy (non-hydrogen) atoms. The molecule has 3 heteroatoms. The Morgan fingerprint density at radius 3 is 2.35 bits per heavy atom. The van der Waals surface area contributed by atoms with Gasteiger partial charge in [0.1, 0.15) is 5.41 Å². The number of hydrogen-bond acceptors (Lipinski definition) is 3. The van der Waals surface area contributed by atoms with Crippen molar-refractivity contribution in [2.24, 2.45) is 10.4 Å². The van der Waals surface area contributed by atoms with E-state index < -0.39 is 5.41 Å². The molecule has 1 fully saturated rings. The Hall–Kier alpha value is -2.68. The largest absolute Gasteiger partial charge is 0.465 e. The monoisotopic (exact) mass is 347 g/mol. The third-order valence-electron chi connectivity index (χ3n) is 5.13. The zero-order valence-electron chi connectivity index (χ0n) is 15.4. The molecule has 0 aliphatic carbocycles. The van der Waals surface area contributed by atoms with Crippen LogP contribution in [0.3, 0.4) is 0 Å². The number of carbonyl (C=O) groups excluding carboxylic acids is 1. The average Bonchev–Trinajstić information content (AvgIpc) is 3.06. The highest BCUT2D eigenvalue weighted by Gasteiger charge is 2.48. The molecule has 0 spiro atoms. The molecule has 2 aromatic rings. The fraction of sp³-hybridized carbons (Fsp3) is 0.304. The van der Waals surface area contributed by atoms with E-state index in [4.69, 9.17) is 9.73 Å². The van der Waals surface area contributed by atoms with Gasteiger partial charge in [0.2, 0.25) is 0 Å². The van der Waals surface area contributed by atoms with Crippen LogP contribution in [0.4, 0.5) is 5.69 Å². The van der Waals surface area contributed by atoms with Gasteiger partial charge in [-0.1, -0.05) is 60.2 Å². The minimum atomic E-state index is -0.730. The van der Waals surface area contributed by atoms with Gasteiger partial charge in [0.15, 0.2) is 0 Å². The molecule has 0 radical (unpaired) electrons. The molecule has 1 heterocycles. The number of cyclic esters (lactones) is 1. The number of aliphatic imine (C=N–C) groups is 1. The number of aryl methyl sites for hydroxylation is 1. The highest BCUT2D eigenvalue weighted by Crippen LogP contribution is 2.40. The highest BCUT2D eigenvalue weighted by molar-refractivity contribution is 6.10. The fourth-order valence-corrected chi connectivity index (χ4v) is 3.56. The first kappa shape index (κ1) is 18.1. The number of hydrogen-bond donors (Lipinski definition) is 0. The summed E-state index contributed by atoms with van der Waals surface area (Å²) in [5, 5.41) is 0. The normalized spacial score (nSPS) is 20.9. The van der Waals surface area contributed by atoms with Crippen molar-refractivity contribution >= 4 is 17.4 Å². The van der Waals surface area contributed by atoms with Gasteiger partial charge >= 0.3 is 5.97 Å². The smallest absolute Gasteiger partial charge is 0.322 e. The predicted molar refractivity (Wildman–Crippen MR) is 106 cm³/mol. The van der Waals surface area contributed by atoms with Crippen LogP contribution in [0.5, 0.6) is 0 Å². The van der Waals surface area contributed by atoms with E-state index in [1.807, 2.05) is 50.2 Å². The van der Waals surface area contributed by atoms with E-state index in [2.05, 4.69) is 30.3 Å². The van der Waals surface area contributed by atoms with Crippen molar-refractivity contribution in [1.29, 1.82) is 0 Å². The fourth-order valence-electron chi connectivity index (χ4n) is 3.56. The molecule has 0 amide bonds. The second-order valence-corrected chi connectivity index (χ2v) is 6.74. The summed E-state index contributed by atoms with van der Waals surface area (Å²) in [5.74, 6) is -0.178. The molecule has 1 aliphatic heterocycles. The van der Waals surface area contributed by atoms with Gasteiger partial charge in [0.25, 0.3) is 0 Å². The summed E-state index contributed by atoms with van der Waals surface area (Å²) < 4.78 is 5.35. The second-order valence-electron chi connectivity index (χ2n) is 6.74. The van der Waals surface area contributed by atoms with E-state index in [0.717, 1.165) is 29.8 Å². The lowest BCUT2D eigenvalue weighted by atomic mass is 9.75. The number of ether oxygens (including phenoxy) is 1. The Labute approximate surface area is 155 Å². The number of esters is 1. The summed E-state index contributed by atoms with van der Waals surface area (Å²) >= 11 is 0. The summed E-state index contributed by atoms with van der Waals surface area (Å²) in [4.78, 5) is 17.4. The number of allylic oxidation sites excluding steroid dienone is 1. The number of carbonyl (C=O) groups is 1. The van der Waals surface area contributed by atoms with E-state index in [0.29, 0.717) is 13.0 Å². The van der Waals surface area contributed by atoms with Crippen LogP contribution in [0, 0.1) is 5.41 Å². The Bertz CT molecular complexity index is 809. The van der Waals surface area contributed by atoms with Crippen molar-refractivity contribution in [1.82, 2.24) is 0 Å². The lowest BCUT2D eigenvalue weighted by Gasteiger charge is -2.26. The lowest BCUT2D eigenvalue weighted by molar-refractivity contribution is -0.142. The van der Waals surface area contributed by atoms with Gasteiger partial charge < -0.3 is 4.74 Å². The van der Waals surface area contributed by atoms with Crippen LogP contribution in [-0.2, 0) is 16.0 Å². The number of rotatable bonds is 6. The van der Waals surface area contributed by atoms with E-state index >= 15 is 0 Å². The molecule has 0 N–H and O–H groups in total. The number of nitrogens with zero attached hydrogens (tertiary/aromatic N) is 1. The molecule has 3 rings (SSSR count). The van der Waals surface area contributed by atoms with Crippen molar-refractivity contribution in [3.63, 3.8) is 0 Å². The lowest BCUT2D eigenvalue weighted by Crippen LogP contribution is -2.35. The molecule has 2 aromatic carbocycles. The standard InChI is InChI=1S/C23H25NO2/c1-18(10-9-13-20-11-5-3-6-12-20)23(16-17-26-22(23)25)19(2)24-21-14-7-4-8-15-21/h3-8,10-12,14-15H,9,13,16-17H2,1-2H3/b18-10+,24-19?. The van der Waals surface area contributed by atoms with Crippen molar-refractivity contribution in [3.8, 4) is 0 Å². The molecule has 3 nitrogen and oxygen atoms in total. The molecule has 0 saturated carbocycles. The van der Waals surface area contributed by atoms with Gasteiger partial charge in [0, 0.05) is 12.1 Å². The van der Waals surface area contributed by atoms with Gasteiger partial charge in [-0.2, -0.15) is 0 Å². The van der Waals surface area contributed by atoms with Crippen LogP contribution in [0.15, 0.2) is 77.3 Å². The summed E-state index contributed by atoms with van der Waals surface area (Å²) in [6.45, 7) is 4.42. The zero-order valence-corrected chi connectivity index (χ0v) is 15.4. The first-order chi connectivity index (χ1) is 12.6. The first-order valence-electron chi connectivity index (χ1n) is 9.12. The number of para-hydroxylation sites is 1. The summed E-state index contributed by atoms with van der Waals surface area (Å²) in [6.07, 6.45) is 4.67. The van der Waals surface area contributed by atoms with Crippen LogP contribution in [0.2, 0.25) is 0 Å². The van der Waals surface area contributed by atoms with Crippen LogP contribution in [-0.4, -0.2) is 18.3 Å². The van der Waals surface area contributed by atoms with Gasteiger partial charge in [-0.15, -0.1) is 0 Å². The van der Waals surface area contributed by atoms with E-state index in [1.165, 1.54) is 5.56 Å². The minimum Gasteiger partial charge on any atom is -0.465 e. The van der Waals surface area contributed by atoms with Crippen LogP contribution < -0.4 is 0 Å². The quantitative estimate of drug-likeness (QED) is 0.404. The predicted octanol–water partition coefficient (Wildman–Crippen LogP) is 5.29. The Balaban J connectivity index is 1.84. The van der Waals surface area contributed by atoms with Crippen molar-refractivity contribution in [2.45, 2.75) is 33.1 Å². The van der Waals surface area contributed by atoms with Crippen LogP contribution in [0.25, 0.3) is 0 Å². The Morgan fingerprint density at radius 2 is 1.73 bits per heavy atom. The Kier molecular flexibility index (Phi) is 5.67. The van der Waals surface area contributed by atoms with E-state index in [-0.39, 0.29) is 5.97 Å². The molecule has 1 unspecified atom stereocenters. The molecular weight excluding hydrogens is 322 g/mol. The summed E-state index contributed by atoms with van der Waals surface area (Å²) in [6, 6.07) is 20.2. The third kappa shape index (κ3) is 3.77. The van der Waals surface area contributed by atoms with Crippen LogP contribution >= 0.6 is 0 Å². The second kappa shape index (κ2) is 8.13. The number of benzene rings is 2. The van der Waals surface area contributed by atoms with Crippen molar-refractivity contribution < 1.29 is 9.53 Å². The van der Waals surface area contributed by atoms with E-state index in [9.17, 15) is 4.79 Å². The molecule has 134 valence electrons. The summed E-state index contributed by atoms with van der Waals surface area (Å²) in [7, 11) is 0. The van der Waals surface area contributed by atoms with Crippen LogP contribution in [0.1, 0.15) is 32.3 Å². The molecule has 1 atom stereocenters. The maximum atomic E-state index is 12.7. The van der Waals surface area contributed by atoms with Gasteiger partial charge in [-0.25, -0.2) is 0 Å². The van der Waals surface area contributed by atoms with Gasteiger partial charge in [-0.05, 0) is 44.4 Å². The third-order valence-corrected chi connectivity index (χ3v) is 5.13. The van der Waals surface area contributed by atoms with Crippen molar-refractivity contribution in [3.05, 3.63) is 77.9 Å². The molecule has 0 aromatic heterocycles.